The van der Waals surface area contributed by atoms with Crippen LogP contribution in [0.5, 0.6) is 11.5 Å². The lowest BCUT2D eigenvalue weighted by Crippen LogP contribution is -2.03. The number of nitrogens with zero attached hydrogens (tertiary/aromatic N) is 3. The summed E-state index contributed by atoms with van der Waals surface area (Å²) < 4.78 is 10.9. The zero-order valence-electron chi connectivity index (χ0n) is 11.7. The van der Waals surface area contributed by atoms with Crippen LogP contribution in [0, 0.1) is 0 Å². The van der Waals surface area contributed by atoms with Gasteiger partial charge in [-0.1, -0.05) is 12.1 Å². The molecular weight excluding hydrogens is 298 g/mol. The first kappa shape index (κ1) is 13.3. The quantitative estimate of drug-likeness (QED) is 0.873. The van der Waals surface area contributed by atoms with Crippen molar-refractivity contribution in [2.45, 2.75) is 12.2 Å². The van der Waals surface area contributed by atoms with Crippen LogP contribution >= 0.6 is 11.8 Å². The summed E-state index contributed by atoms with van der Waals surface area (Å²) in [7, 11) is 0. The molecule has 3 heterocycles. The molecular formula is C16H13N3O2S. The maximum atomic E-state index is 5.54. The van der Waals surface area contributed by atoms with Crippen molar-refractivity contribution in [1.82, 2.24) is 4.98 Å². The van der Waals surface area contributed by atoms with Gasteiger partial charge in [0.2, 0.25) is 6.79 Å². The fourth-order valence-electron chi connectivity index (χ4n) is 2.36. The van der Waals surface area contributed by atoms with Gasteiger partial charge in [0.1, 0.15) is 5.04 Å². The first-order valence-electron chi connectivity index (χ1n) is 6.95. The molecule has 5 nitrogen and oxygen atoms in total. The average molecular weight is 311 g/mol. The highest BCUT2D eigenvalue weighted by molar-refractivity contribution is 8.13. The number of hydrogen-bond acceptors (Lipinski definition) is 6. The van der Waals surface area contributed by atoms with Gasteiger partial charge < -0.3 is 9.47 Å². The predicted octanol–water partition coefficient (Wildman–Crippen LogP) is 3.25. The SMILES string of the molecule is c1ccc(CSC2=NN=C(c3cccc4c3OCO4)C2)nc1. The minimum atomic E-state index is 0.266. The van der Waals surface area contributed by atoms with E-state index in [0.717, 1.165) is 45.7 Å². The van der Waals surface area contributed by atoms with E-state index in [4.69, 9.17) is 9.47 Å². The van der Waals surface area contributed by atoms with Gasteiger partial charge in [-0.25, -0.2) is 0 Å². The normalized spacial score (nSPS) is 15.6. The number of aromatic nitrogens is 1. The Bertz CT molecular complexity index is 759. The van der Waals surface area contributed by atoms with Gasteiger partial charge in [0, 0.05) is 23.9 Å². The Morgan fingerprint density at radius 3 is 2.95 bits per heavy atom. The Labute approximate surface area is 132 Å². The molecule has 110 valence electrons. The summed E-state index contributed by atoms with van der Waals surface area (Å²) >= 11 is 1.67. The van der Waals surface area contributed by atoms with E-state index in [1.807, 2.05) is 36.4 Å². The Morgan fingerprint density at radius 1 is 1.05 bits per heavy atom. The number of para-hydroxylation sites is 1. The van der Waals surface area contributed by atoms with Crippen LogP contribution in [0.15, 0.2) is 52.8 Å². The zero-order valence-corrected chi connectivity index (χ0v) is 12.5. The molecule has 2 aliphatic rings. The maximum Gasteiger partial charge on any atom is 0.231 e. The number of ether oxygens (including phenoxy) is 2. The number of benzene rings is 1. The molecule has 1 aromatic heterocycles. The van der Waals surface area contributed by atoms with Crippen molar-refractivity contribution in [3.05, 3.63) is 53.9 Å². The van der Waals surface area contributed by atoms with Gasteiger partial charge in [-0.2, -0.15) is 5.10 Å². The summed E-state index contributed by atoms with van der Waals surface area (Å²) in [6.07, 6.45) is 2.52. The van der Waals surface area contributed by atoms with Gasteiger partial charge in [0.15, 0.2) is 11.5 Å². The van der Waals surface area contributed by atoms with Gasteiger partial charge in [0.05, 0.1) is 11.4 Å². The van der Waals surface area contributed by atoms with E-state index < -0.39 is 0 Å². The molecule has 0 unspecified atom stereocenters. The van der Waals surface area contributed by atoms with Crippen LogP contribution in [0.1, 0.15) is 17.7 Å². The number of thioether (sulfide) groups is 1. The van der Waals surface area contributed by atoms with Crippen molar-refractivity contribution in [2.75, 3.05) is 6.79 Å². The van der Waals surface area contributed by atoms with Crippen molar-refractivity contribution in [2.24, 2.45) is 10.2 Å². The molecule has 2 aliphatic heterocycles. The number of fused-ring (bicyclic) bond motifs is 1. The molecule has 2 aromatic rings. The van der Waals surface area contributed by atoms with Crippen molar-refractivity contribution in [3.8, 4) is 11.5 Å². The molecule has 0 aliphatic carbocycles. The van der Waals surface area contributed by atoms with Crippen molar-refractivity contribution in [3.63, 3.8) is 0 Å². The molecule has 0 amide bonds. The van der Waals surface area contributed by atoms with E-state index in [-0.39, 0.29) is 6.79 Å². The smallest absolute Gasteiger partial charge is 0.231 e. The molecule has 0 saturated carbocycles. The third-order valence-corrected chi connectivity index (χ3v) is 4.42. The molecule has 0 fully saturated rings. The van der Waals surface area contributed by atoms with E-state index in [0.29, 0.717) is 0 Å². The number of rotatable bonds is 3. The average Bonchev–Trinajstić information content (AvgIpc) is 3.22. The maximum absolute atomic E-state index is 5.54. The van der Waals surface area contributed by atoms with Crippen molar-refractivity contribution < 1.29 is 9.47 Å². The summed E-state index contributed by atoms with van der Waals surface area (Å²) in [4.78, 5) is 4.31. The van der Waals surface area contributed by atoms with Gasteiger partial charge in [0.25, 0.3) is 0 Å². The van der Waals surface area contributed by atoms with Gasteiger partial charge in [-0.3, -0.25) is 4.98 Å². The van der Waals surface area contributed by atoms with Gasteiger partial charge in [-0.05, 0) is 24.3 Å². The molecule has 0 radical (unpaired) electrons. The van der Waals surface area contributed by atoms with Crippen LogP contribution in [0.2, 0.25) is 0 Å². The molecule has 0 bridgehead atoms. The third-order valence-electron chi connectivity index (χ3n) is 3.42. The standard InChI is InChI=1S/C16H13N3O2S/c1-2-7-17-11(4-1)9-22-15-8-13(18-19-15)12-5-3-6-14-16(12)21-10-20-14/h1-7H,8-10H2. The fraction of sp³-hybridized carbons (Fsp3) is 0.188. The molecule has 0 atom stereocenters. The lowest BCUT2D eigenvalue weighted by atomic mass is 10.1. The second kappa shape index (κ2) is 5.81. The molecule has 0 spiro atoms. The molecule has 0 saturated heterocycles. The molecule has 1 aromatic carbocycles. The van der Waals surface area contributed by atoms with Gasteiger partial charge in [-0.15, -0.1) is 16.9 Å². The minimum absolute atomic E-state index is 0.266. The molecule has 0 N–H and O–H groups in total. The highest BCUT2D eigenvalue weighted by Crippen LogP contribution is 2.37. The topological polar surface area (TPSA) is 56.1 Å². The largest absolute Gasteiger partial charge is 0.454 e. The van der Waals surface area contributed by atoms with E-state index in [2.05, 4.69) is 15.2 Å². The predicted molar refractivity (Wildman–Crippen MR) is 86.7 cm³/mol. The summed E-state index contributed by atoms with van der Waals surface area (Å²) in [5.41, 5.74) is 2.93. The number of pyridine rings is 1. The highest BCUT2D eigenvalue weighted by atomic mass is 32.2. The Kier molecular flexibility index (Phi) is 3.52. The van der Waals surface area contributed by atoms with E-state index in [1.54, 1.807) is 18.0 Å². The van der Waals surface area contributed by atoms with Crippen LogP contribution in [-0.2, 0) is 5.75 Å². The van der Waals surface area contributed by atoms with E-state index in [1.165, 1.54) is 0 Å². The van der Waals surface area contributed by atoms with Crippen LogP contribution < -0.4 is 9.47 Å². The molecule has 6 heteroatoms. The lowest BCUT2D eigenvalue weighted by molar-refractivity contribution is 0.174. The van der Waals surface area contributed by atoms with Crippen LogP contribution in [-0.4, -0.2) is 22.5 Å². The Hall–Kier alpha value is -2.34. The van der Waals surface area contributed by atoms with Crippen molar-refractivity contribution in [1.29, 1.82) is 0 Å². The molecule has 22 heavy (non-hydrogen) atoms. The van der Waals surface area contributed by atoms with Crippen molar-refractivity contribution >= 4 is 22.5 Å². The Morgan fingerprint density at radius 2 is 2.05 bits per heavy atom. The Balaban J connectivity index is 1.43. The number of hydrogen-bond donors (Lipinski definition) is 0. The van der Waals surface area contributed by atoms with E-state index >= 15 is 0 Å². The first-order chi connectivity index (χ1) is 10.9. The third kappa shape index (κ3) is 2.57. The lowest BCUT2D eigenvalue weighted by Gasteiger charge is -2.05. The summed E-state index contributed by atoms with van der Waals surface area (Å²) in [5.74, 6) is 2.34. The van der Waals surface area contributed by atoms with Gasteiger partial charge >= 0.3 is 0 Å². The highest BCUT2D eigenvalue weighted by Gasteiger charge is 2.23. The second-order valence-corrected chi connectivity index (χ2v) is 5.91. The second-order valence-electron chi connectivity index (χ2n) is 4.87. The first-order valence-corrected chi connectivity index (χ1v) is 7.94. The summed E-state index contributed by atoms with van der Waals surface area (Å²) in [6, 6.07) is 11.8. The fourth-order valence-corrected chi connectivity index (χ4v) is 3.18. The minimum Gasteiger partial charge on any atom is -0.454 e. The monoisotopic (exact) mass is 311 g/mol. The molecule has 4 rings (SSSR count). The van der Waals surface area contributed by atoms with Crippen LogP contribution in [0.25, 0.3) is 0 Å². The van der Waals surface area contributed by atoms with Crippen LogP contribution in [0.3, 0.4) is 0 Å². The van der Waals surface area contributed by atoms with E-state index in [9.17, 15) is 0 Å². The zero-order chi connectivity index (χ0) is 14.8. The summed E-state index contributed by atoms with van der Waals surface area (Å²) in [6.45, 7) is 0.266. The summed E-state index contributed by atoms with van der Waals surface area (Å²) in [5, 5.41) is 9.58. The van der Waals surface area contributed by atoms with Crippen LogP contribution in [0.4, 0.5) is 0 Å².